The summed E-state index contributed by atoms with van der Waals surface area (Å²) in [7, 11) is -3.66. The number of thiophene rings is 1. The van der Waals surface area contributed by atoms with Crippen molar-refractivity contribution in [3.8, 4) is 0 Å². The molecule has 1 aromatic carbocycles. The summed E-state index contributed by atoms with van der Waals surface area (Å²) in [5, 5.41) is 3.14. The molecular formula is C13H14BrFN2O2S2. The Morgan fingerprint density at radius 3 is 2.71 bits per heavy atom. The zero-order valence-electron chi connectivity index (χ0n) is 11.2. The lowest BCUT2D eigenvalue weighted by Gasteiger charge is -2.08. The van der Waals surface area contributed by atoms with Crippen LogP contribution in [0.2, 0.25) is 0 Å². The molecule has 0 radical (unpaired) electrons. The summed E-state index contributed by atoms with van der Waals surface area (Å²) < 4.78 is 40.6. The predicted octanol–water partition coefficient (Wildman–Crippen LogP) is 3.56. The maximum absolute atomic E-state index is 13.0. The van der Waals surface area contributed by atoms with Gasteiger partial charge in [-0.2, -0.15) is 0 Å². The molecule has 114 valence electrons. The summed E-state index contributed by atoms with van der Waals surface area (Å²) in [4.78, 5) is 0.940. The van der Waals surface area contributed by atoms with E-state index in [0.29, 0.717) is 16.7 Å². The topological polar surface area (TPSA) is 58.2 Å². The second kappa shape index (κ2) is 6.87. The van der Waals surface area contributed by atoms with E-state index in [4.69, 9.17) is 0 Å². The molecule has 0 fully saturated rings. The Labute approximate surface area is 135 Å². The van der Waals surface area contributed by atoms with Crippen molar-refractivity contribution >= 4 is 43.0 Å². The van der Waals surface area contributed by atoms with Gasteiger partial charge in [0.1, 0.15) is 10.0 Å². The van der Waals surface area contributed by atoms with Gasteiger partial charge in [-0.15, -0.1) is 11.3 Å². The van der Waals surface area contributed by atoms with E-state index in [-0.39, 0.29) is 4.21 Å². The summed E-state index contributed by atoms with van der Waals surface area (Å²) in [5.74, 6) is -0.436. The normalized spacial score (nSPS) is 11.6. The van der Waals surface area contributed by atoms with Crippen molar-refractivity contribution in [2.24, 2.45) is 0 Å². The molecule has 0 saturated carbocycles. The molecule has 2 rings (SSSR count). The van der Waals surface area contributed by atoms with Crippen molar-refractivity contribution < 1.29 is 12.8 Å². The Balaban J connectivity index is 2.19. The zero-order chi connectivity index (χ0) is 15.5. The molecule has 21 heavy (non-hydrogen) atoms. The average Bonchev–Trinajstić information content (AvgIpc) is 2.89. The first-order chi connectivity index (χ1) is 9.92. The standard InChI is InChI=1S/C13H14BrFN2O2S2/c1-2-16-8-10-4-6-13(20-10)21(18,19)17-12-5-3-9(15)7-11(12)14/h3-7,16-17H,2,8H2,1H3. The fourth-order valence-electron chi connectivity index (χ4n) is 1.61. The van der Waals surface area contributed by atoms with Gasteiger partial charge in [-0.05, 0) is 52.8 Å². The van der Waals surface area contributed by atoms with Crippen LogP contribution in [0, 0.1) is 5.82 Å². The van der Waals surface area contributed by atoms with Crippen LogP contribution in [0.3, 0.4) is 0 Å². The molecule has 0 amide bonds. The number of nitrogens with one attached hydrogen (secondary N) is 2. The quantitative estimate of drug-likeness (QED) is 0.789. The third-order valence-electron chi connectivity index (χ3n) is 2.63. The van der Waals surface area contributed by atoms with Gasteiger partial charge in [0.2, 0.25) is 0 Å². The fourth-order valence-corrected chi connectivity index (χ4v) is 4.60. The molecule has 0 saturated heterocycles. The minimum absolute atomic E-state index is 0.228. The van der Waals surface area contributed by atoms with E-state index < -0.39 is 15.8 Å². The average molecular weight is 393 g/mol. The first kappa shape index (κ1) is 16.4. The summed E-state index contributed by atoms with van der Waals surface area (Å²) in [6.45, 7) is 3.44. The van der Waals surface area contributed by atoms with Crippen molar-refractivity contribution in [1.82, 2.24) is 5.32 Å². The molecule has 0 unspecified atom stereocenters. The Morgan fingerprint density at radius 1 is 1.29 bits per heavy atom. The van der Waals surface area contributed by atoms with Gasteiger partial charge in [0, 0.05) is 15.9 Å². The highest BCUT2D eigenvalue weighted by Crippen LogP contribution is 2.28. The monoisotopic (exact) mass is 392 g/mol. The van der Waals surface area contributed by atoms with Crippen molar-refractivity contribution in [2.75, 3.05) is 11.3 Å². The second-order valence-corrected chi connectivity index (χ2v) is 8.16. The molecule has 0 aliphatic heterocycles. The smallest absolute Gasteiger partial charge is 0.271 e. The van der Waals surface area contributed by atoms with Crippen molar-refractivity contribution in [1.29, 1.82) is 0 Å². The lowest BCUT2D eigenvalue weighted by Crippen LogP contribution is -2.12. The van der Waals surface area contributed by atoms with E-state index in [1.807, 2.05) is 6.92 Å². The van der Waals surface area contributed by atoms with Crippen molar-refractivity contribution in [3.63, 3.8) is 0 Å². The number of hydrogen-bond acceptors (Lipinski definition) is 4. The third kappa shape index (κ3) is 4.26. The van der Waals surface area contributed by atoms with E-state index in [1.54, 1.807) is 12.1 Å². The summed E-state index contributed by atoms with van der Waals surface area (Å²) in [5.41, 5.74) is 0.304. The number of anilines is 1. The molecule has 2 aromatic rings. The van der Waals surface area contributed by atoms with Crippen molar-refractivity contribution in [3.05, 3.63) is 45.5 Å². The van der Waals surface area contributed by atoms with Crippen LogP contribution >= 0.6 is 27.3 Å². The largest absolute Gasteiger partial charge is 0.312 e. The molecule has 1 heterocycles. The van der Waals surface area contributed by atoms with Crippen LogP contribution in [0.5, 0.6) is 0 Å². The van der Waals surface area contributed by atoms with E-state index in [0.717, 1.165) is 11.4 Å². The Hall–Kier alpha value is -0.960. The van der Waals surface area contributed by atoms with Gasteiger partial charge in [0.15, 0.2) is 0 Å². The highest BCUT2D eigenvalue weighted by atomic mass is 79.9. The van der Waals surface area contributed by atoms with Crippen LogP contribution in [-0.4, -0.2) is 15.0 Å². The number of sulfonamides is 1. The second-order valence-electron chi connectivity index (χ2n) is 4.23. The van der Waals surface area contributed by atoms with E-state index >= 15 is 0 Å². The lowest BCUT2D eigenvalue weighted by molar-refractivity contribution is 0.603. The zero-order valence-corrected chi connectivity index (χ0v) is 14.4. The van der Waals surface area contributed by atoms with Gasteiger partial charge in [0.25, 0.3) is 10.0 Å². The van der Waals surface area contributed by atoms with Crippen LogP contribution in [-0.2, 0) is 16.6 Å². The van der Waals surface area contributed by atoms with Crippen LogP contribution < -0.4 is 10.0 Å². The molecule has 0 bridgehead atoms. The molecule has 0 atom stereocenters. The van der Waals surface area contributed by atoms with Crippen LogP contribution in [0.1, 0.15) is 11.8 Å². The number of rotatable bonds is 6. The number of halogens is 2. The minimum Gasteiger partial charge on any atom is -0.312 e. The van der Waals surface area contributed by atoms with Gasteiger partial charge < -0.3 is 5.32 Å². The molecular weight excluding hydrogens is 379 g/mol. The predicted molar refractivity (Wildman–Crippen MR) is 86.6 cm³/mol. The van der Waals surface area contributed by atoms with Crippen molar-refractivity contribution in [2.45, 2.75) is 17.7 Å². The molecule has 2 N–H and O–H groups in total. The first-order valence-corrected chi connectivity index (χ1v) is 9.29. The van der Waals surface area contributed by atoms with E-state index in [9.17, 15) is 12.8 Å². The van der Waals surface area contributed by atoms with Gasteiger partial charge >= 0.3 is 0 Å². The van der Waals surface area contributed by atoms with Crippen LogP contribution in [0.25, 0.3) is 0 Å². The minimum atomic E-state index is -3.66. The summed E-state index contributed by atoms with van der Waals surface area (Å²) >= 11 is 4.34. The highest BCUT2D eigenvalue weighted by molar-refractivity contribution is 9.10. The molecule has 0 aliphatic carbocycles. The third-order valence-corrected chi connectivity index (χ3v) is 6.23. The Bertz CT molecular complexity index is 732. The SMILES string of the molecule is CCNCc1ccc(S(=O)(=O)Nc2ccc(F)cc2Br)s1. The van der Waals surface area contributed by atoms with Crippen LogP contribution in [0.4, 0.5) is 10.1 Å². The Morgan fingerprint density at radius 2 is 2.05 bits per heavy atom. The van der Waals surface area contributed by atoms with Gasteiger partial charge in [0.05, 0.1) is 5.69 Å². The fraction of sp³-hybridized carbons (Fsp3) is 0.231. The number of hydrogen-bond donors (Lipinski definition) is 2. The summed E-state index contributed by atoms with van der Waals surface area (Å²) in [6.07, 6.45) is 0. The molecule has 0 aliphatic rings. The van der Waals surface area contributed by atoms with Crippen LogP contribution in [0.15, 0.2) is 39.0 Å². The van der Waals surface area contributed by atoms with Gasteiger partial charge in [-0.1, -0.05) is 6.92 Å². The lowest BCUT2D eigenvalue weighted by atomic mass is 10.3. The molecule has 0 spiro atoms. The number of benzene rings is 1. The highest BCUT2D eigenvalue weighted by Gasteiger charge is 2.18. The molecule has 1 aromatic heterocycles. The van der Waals surface area contributed by atoms with Gasteiger partial charge in [-0.25, -0.2) is 12.8 Å². The Kier molecular flexibility index (Phi) is 5.37. The molecule has 4 nitrogen and oxygen atoms in total. The first-order valence-electron chi connectivity index (χ1n) is 6.19. The maximum Gasteiger partial charge on any atom is 0.271 e. The van der Waals surface area contributed by atoms with Gasteiger partial charge in [-0.3, -0.25) is 4.72 Å². The molecule has 8 heteroatoms. The summed E-state index contributed by atoms with van der Waals surface area (Å²) in [6, 6.07) is 7.14. The van der Waals surface area contributed by atoms with E-state index in [2.05, 4.69) is 26.0 Å². The van der Waals surface area contributed by atoms with E-state index in [1.165, 1.54) is 29.5 Å². The maximum atomic E-state index is 13.0.